The minimum atomic E-state index is -0.318. The van der Waals surface area contributed by atoms with Gasteiger partial charge in [-0.05, 0) is 53.3 Å². The van der Waals surface area contributed by atoms with Gasteiger partial charge in [0.05, 0.1) is 6.04 Å². The maximum Gasteiger partial charge on any atom is 0.322 e. The van der Waals surface area contributed by atoms with Crippen LogP contribution in [0, 0.1) is 5.82 Å². The number of hydrogen-bond acceptors (Lipinski definition) is 2. The molecule has 5 heteroatoms. The Bertz CT molecular complexity index is 876. The van der Waals surface area contributed by atoms with Crippen molar-refractivity contribution in [1.29, 1.82) is 0 Å². The van der Waals surface area contributed by atoms with Gasteiger partial charge in [0.2, 0.25) is 0 Å². The van der Waals surface area contributed by atoms with Crippen LogP contribution in [0.4, 0.5) is 14.9 Å². The van der Waals surface area contributed by atoms with E-state index in [9.17, 15) is 9.18 Å². The summed E-state index contributed by atoms with van der Waals surface area (Å²) in [6.45, 7) is 0.653. The summed E-state index contributed by atoms with van der Waals surface area (Å²) < 4.78 is 13.1. The molecule has 1 N–H and O–H groups in total. The fourth-order valence-electron chi connectivity index (χ4n) is 3.26. The smallest absolute Gasteiger partial charge is 0.313 e. The van der Waals surface area contributed by atoms with E-state index in [1.54, 1.807) is 23.5 Å². The number of anilines is 1. The lowest BCUT2D eigenvalue weighted by atomic mass is 9.93. The van der Waals surface area contributed by atoms with Crippen LogP contribution < -0.4 is 5.32 Å². The van der Waals surface area contributed by atoms with E-state index in [1.165, 1.54) is 22.6 Å². The molecule has 0 fully saturated rings. The summed E-state index contributed by atoms with van der Waals surface area (Å²) in [5.41, 5.74) is 2.88. The first-order valence-corrected chi connectivity index (χ1v) is 9.05. The Labute approximate surface area is 149 Å². The molecule has 0 bridgehead atoms. The predicted octanol–water partition coefficient (Wildman–Crippen LogP) is 5.07. The quantitative estimate of drug-likeness (QED) is 0.686. The van der Waals surface area contributed by atoms with Gasteiger partial charge in [-0.15, -0.1) is 11.3 Å². The van der Waals surface area contributed by atoms with E-state index in [0.717, 1.165) is 12.0 Å². The third kappa shape index (κ3) is 3.15. The fraction of sp³-hybridized carbons (Fsp3) is 0.150. The predicted molar refractivity (Wildman–Crippen MR) is 98.4 cm³/mol. The number of rotatable bonds is 2. The number of amides is 2. The number of carbonyl (C=O) groups is 1. The number of nitrogens with one attached hydrogen (secondary N) is 1. The van der Waals surface area contributed by atoms with Crippen LogP contribution in [0.3, 0.4) is 0 Å². The van der Waals surface area contributed by atoms with Crippen molar-refractivity contribution in [3.63, 3.8) is 0 Å². The third-order valence-electron chi connectivity index (χ3n) is 4.44. The first-order valence-electron chi connectivity index (χ1n) is 8.17. The summed E-state index contributed by atoms with van der Waals surface area (Å²) in [6, 6.07) is 17.7. The normalized spacial score (nSPS) is 16.4. The number of nitrogens with zero attached hydrogens (tertiary/aromatic N) is 1. The molecule has 0 spiro atoms. The van der Waals surface area contributed by atoms with Gasteiger partial charge in [-0.25, -0.2) is 9.18 Å². The van der Waals surface area contributed by atoms with Gasteiger partial charge in [-0.3, -0.25) is 0 Å². The monoisotopic (exact) mass is 352 g/mol. The standard InChI is InChI=1S/C20H17FN2OS/c21-15-6-8-16(9-7-15)22-20(24)23-12-10-18-17(11-13-25-18)19(23)14-4-2-1-3-5-14/h1-9,11,13,19H,10,12H2,(H,22,24). The first-order chi connectivity index (χ1) is 12.2. The maximum atomic E-state index is 13.1. The number of carbonyl (C=O) groups excluding carboxylic acids is 1. The van der Waals surface area contributed by atoms with E-state index in [2.05, 4.69) is 28.9 Å². The van der Waals surface area contributed by atoms with Gasteiger partial charge in [0.1, 0.15) is 5.82 Å². The summed E-state index contributed by atoms with van der Waals surface area (Å²) in [6.07, 6.45) is 0.854. The lowest BCUT2D eigenvalue weighted by molar-refractivity contribution is 0.194. The van der Waals surface area contributed by atoms with Crippen molar-refractivity contribution in [3.8, 4) is 0 Å². The molecule has 126 valence electrons. The highest BCUT2D eigenvalue weighted by molar-refractivity contribution is 7.10. The molecule has 1 aliphatic heterocycles. The minimum Gasteiger partial charge on any atom is -0.313 e. The van der Waals surface area contributed by atoms with Gasteiger partial charge >= 0.3 is 6.03 Å². The molecule has 1 atom stereocenters. The lowest BCUT2D eigenvalue weighted by Gasteiger charge is -2.36. The zero-order valence-corrected chi connectivity index (χ0v) is 14.3. The largest absolute Gasteiger partial charge is 0.322 e. The van der Waals surface area contributed by atoms with Gasteiger partial charge < -0.3 is 10.2 Å². The average Bonchev–Trinajstić information content (AvgIpc) is 3.12. The van der Waals surface area contributed by atoms with Crippen molar-refractivity contribution >= 4 is 23.1 Å². The van der Waals surface area contributed by atoms with Gasteiger partial charge in [0.25, 0.3) is 0 Å². The SMILES string of the molecule is O=C(Nc1ccc(F)cc1)N1CCc2sccc2C1c1ccccc1. The van der Waals surface area contributed by atoms with E-state index in [1.807, 2.05) is 23.1 Å². The van der Waals surface area contributed by atoms with Gasteiger partial charge in [-0.1, -0.05) is 30.3 Å². The van der Waals surface area contributed by atoms with Gasteiger partial charge in [-0.2, -0.15) is 0 Å². The summed E-state index contributed by atoms with van der Waals surface area (Å²) in [4.78, 5) is 16.1. The van der Waals surface area contributed by atoms with E-state index in [4.69, 9.17) is 0 Å². The second-order valence-corrected chi connectivity index (χ2v) is 6.99. The topological polar surface area (TPSA) is 32.3 Å². The van der Waals surface area contributed by atoms with E-state index < -0.39 is 0 Å². The Morgan fingerprint density at radius 3 is 2.60 bits per heavy atom. The average molecular weight is 352 g/mol. The van der Waals surface area contributed by atoms with Crippen LogP contribution in [0.2, 0.25) is 0 Å². The Morgan fingerprint density at radius 1 is 1.08 bits per heavy atom. The summed E-state index contributed by atoms with van der Waals surface area (Å²) >= 11 is 1.74. The summed E-state index contributed by atoms with van der Waals surface area (Å²) in [5.74, 6) is -0.318. The number of urea groups is 1. The van der Waals surface area contributed by atoms with Crippen LogP contribution >= 0.6 is 11.3 Å². The molecular weight excluding hydrogens is 335 g/mol. The Hall–Kier alpha value is -2.66. The molecule has 1 aromatic heterocycles. The number of fused-ring (bicyclic) bond motifs is 1. The van der Waals surface area contributed by atoms with Crippen molar-refractivity contribution in [2.45, 2.75) is 12.5 Å². The molecule has 4 rings (SSSR count). The molecule has 2 heterocycles. The van der Waals surface area contributed by atoms with Crippen LogP contribution in [0.5, 0.6) is 0 Å². The molecule has 2 amide bonds. The minimum absolute atomic E-state index is 0.100. The third-order valence-corrected chi connectivity index (χ3v) is 5.43. The van der Waals surface area contributed by atoms with E-state index >= 15 is 0 Å². The van der Waals surface area contributed by atoms with E-state index in [-0.39, 0.29) is 17.9 Å². The Balaban J connectivity index is 1.65. The van der Waals surface area contributed by atoms with Crippen LogP contribution in [0.15, 0.2) is 66.0 Å². The van der Waals surface area contributed by atoms with E-state index in [0.29, 0.717) is 12.2 Å². The Morgan fingerprint density at radius 2 is 1.84 bits per heavy atom. The molecule has 0 saturated heterocycles. The van der Waals surface area contributed by atoms with Crippen molar-refractivity contribution in [1.82, 2.24) is 4.90 Å². The molecule has 1 unspecified atom stereocenters. The molecule has 0 saturated carbocycles. The van der Waals surface area contributed by atoms with Gasteiger partial charge in [0, 0.05) is 17.1 Å². The van der Waals surface area contributed by atoms with Gasteiger partial charge in [0.15, 0.2) is 0 Å². The first kappa shape index (κ1) is 15.8. The van der Waals surface area contributed by atoms with Crippen LogP contribution in [0.1, 0.15) is 22.0 Å². The second kappa shape index (κ2) is 6.69. The highest BCUT2D eigenvalue weighted by atomic mass is 32.1. The summed E-state index contributed by atoms with van der Waals surface area (Å²) in [5, 5.41) is 4.97. The van der Waals surface area contributed by atoms with Crippen molar-refractivity contribution in [2.75, 3.05) is 11.9 Å². The molecule has 1 aliphatic rings. The number of hydrogen-bond donors (Lipinski definition) is 1. The highest BCUT2D eigenvalue weighted by Gasteiger charge is 2.32. The van der Waals surface area contributed by atoms with Crippen LogP contribution in [-0.2, 0) is 6.42 Å². The fourth-order valence-corrected chi connectivity index (χ4v) is 4.16. The lowest BCUT2D eigenvalue weighted by Crippen LogP contribution is -2.42. The molecule has 3 aromatic rings. The molecule has 0 radical (unpaired) electrons. The molecule has 3 nitrogen and oxygen atoms in total. The maximum absolute atomic E-state index is 13.1. The van der Waals surface area contributed by atoms with Crippen LogP contribution in [0.25, 0.3) is 0 Å². The molecule has 2 aromatic carbocycles. The van der Waals surface area contributed by atoms with Crippen molar-refractivity contribution < 1.29 is 9.18 Å². The molecule has 25 heavy (non-hydrogen) atoms. The second-order valence-electron chi connectivity index (χ2n) is 5.99. The highest BCUT2D eigenvalue weighted by Crippen LogP contribution is 2.37. The number of benzene rings is 2. The Kier molecular flexibility index (Phi) is 4.24. The molecule has 0 aliphatic carbocycles. The molecular formula is C20H17FN2OS. The number of halogens is 1. The van der Waals surface area contributed by atoms with Crippen molar-refractivity contribution in [2.24, 2.45) is 0 Å². The summed E-state index contributed by atoms with van der Waals surface area (Å²) in [7, 11) is 0. The zero-order valence-electron chi connectivity index (χ0n) is 13.5. The van der Waals surface area contributed by atoms with Crippen LogP contribution in [-0.4, -0.2) is 17.5 Å². The number of thiophene rings is 1. The zero-order chi connectivity index (χ0) is 17.2. The van der Waals surface area contributed by atoms with Crippen molar-refractivity contribution in [3.05, 3.63) is 87.9 Å².